The molecule has 0 bridgehead atoms. The molecule has 5 heteroatoms. The molecule has 1 atom stereocenters. The van der Waals surface area contributed by atoms with Crippen molar-refractivity contribution < 1.29 is 18.8 Å². The van der Waals surface area contributed by atoms with Crippen LogP contribution in [-0.2, 0) is 18.8 Å². The molecule has 0 aromatic rings. The van der Waals surface area contributed by atoms with Gasteiger partial charge in [-0.1, -0.05) is 6.08 Å². The summed E-state index contributed by atoms with van der Waals surface area (Å²) in [6.07, 6.45) is 4.53. The fraction of sp³-hybridized carbons (Fsp3) is 0.786. The Labute approximate surface area is 115 Å². The molecule has 1 saturated heterocycles. The van der Waals surface area contributed by atoms with Crippen molar-refractivity contribution >= 4 is 13.1 Å². The molecule has 0 N–H and O–H groups in total. The zero-order valence-electron chi connectivity index (χ0n) is 12.5. The van der Waals surface area contributed by atoms with E-state index < -0.39 is 0 Å². The van der Waals surface area contributed by atoms with E-state index in [4.69, 9.17) is 14.0 Å². The molecule has 2 aliphatic rings. The van der Waals surface area contributed by atoms with Crippen LogP contribution >= 0.6 is 0 Å². The molecule has 106 valence electrons. The molecular weight excluding hydrogens is 243 g/mol. The topological polar surface area (TPSA) is 44.8 Å². The molecule has 0 saturated carbocycles. The maximum absolute atomic E-state index is 11.7. The van der Waals surface area contributed by atoms with E-state index in [0.717, 1.165) is 18.3 Å². The molecule has 0 aromatic heterocycles. The lowest BCUT2D eigenvalue weighted by Gasteiger charge is -2.32. The molecule has 1 fully saturated rings. The normalized spacial score (nSPS) is 29.0. The largest absolute Gasteiger partial charge is 0.490 e. The minimum Gasteiger partial charge on any atom is -0.469 e. The van der Waals surface area contributed by atoms with Crippen LogP contribution in [0.25, 0.3) is 0 Å². The summed E-state index contributed by atoms with van der Waals surface area (Å²) in [7, 11) is 1.10. The summed E-state index contributed by atoms with van der Waals surface area (Å²) < 4.78 is 16.9. The van der Waals surface area contributed by atoms with Crippen molar-refractivity contribution in [3.8, 4) is 0 Å². The van der Waals surface area contributed by atoms with Crippen molar-refractivity contribution in [1.29, 1.82) is 0 Å². The van der Waals surface area contributed by atoms with Gasteiger partial charge in [-0.15, -0.1) is 0 Å². The lowest BCUT2D eigenvalue weighted by atomic mass is 9.69. The van der Waals surface area contributed by atoms with E-state index in [1.54, 1.807) is 0 Å². The number of methoxy groups -OCH3 is 1. The number of allylic oxidation sites excluding steroid dienone is 2. The van der Waals surface area contributed by atoms with E-state index in [2.05, 4.69) is 6.08 Å². The van der Waals surface area contributed by atoms with Crippen LogP contribution in [0.1, 0.15) is 47.0 Å². The lowest BCUT2D eigenvalue weighted by molar-refractivity contribution is -0.145. The summed E-state index contributed by atoms with van der Waals surface area (Å²) in [5.74, 6) is -0.203. The molecular formula is C14H23BO4. The van der Waals surface area contributed by atoms with Crippen LogP contribution in [0.5, 0.6) is 0 Å². The number of carbonyl (C=O) groups excluding carboxylic acids is 1. The SMILES string of the molecule is COC(=O)[C@@H]1CCC=C(B2OC(C)(C)C(C)(C)O2)C1. The number of esters is 1. The third-order valence-corrected chi connectivity index (χ3v) is 4.49. The van der Waals surface area contributed by atoms with Crippen LogP contribution in [0.3, 0.4) is 0 Å². The van der Waals surface area contributed by atoms with Crippen molar-refractivity contribution in [3.05, 3.63) is 11.5 Å². The smallest absolute Gasteiger partial charge is 0.469 e. The molecule has 2 rings (SSSR count). The second-order valence-electron chi connectivity index (χ2n) is 6.37. The summed E-state index contributed by atoms with van der Waals surface area (Å²) >= 11 is 0. The van der Waals surface area contributed by atoms with E-state index in [-0.39, 0.29) is 30.2 Å². The highest BCUT2D eigenvalue weighted by molar-refractivity contribution is 6.54. The highest BCUT2D eigenvalue weighted by Crippen LogP contribution is 2.40. The number of carbonyl (C=O) groups is 1. The Hall–Kier alpha value is -0.805. The van der Waals surface area contributed by atoms with Gasteiger partial charge in [-0.3, -0.25) is 4.79 Å². The predicted octanol–water partition coefficient (Wildman–Crippen LogP) is 2.52. The van der Waals surface area contributed by atoms with Crippen LogP contribution in [-0.4, -0.2) is 31.4 Å². The highest BCUT2D eigenvalue weighted by atomic mass is 16.7. The predicted molar refractivity (Wildman–Crippen MR) is 73.5 cm³/mol. The van der Waals surface area contributed by atoms with Crippen LogP contribution in [0.15, 0.2) is 11.5 Å². The van der Waals surface area contributed by atoms with Gasteiger partial charge in [-0.25, -0.2) is 0 Å². The molecule has 4 nitrogen and oxygen atoms in total. The van der Waals surface area contributed by atoms with Crippen LogP contribution in [0.4, 0.5) is 0 Å². The van der Waals surface area contributed by atoms with Gasteiger partial charge in [0.2, 0.25) is 0 Å². The monoisotopic (exact) mass is 266 g/mol. The summed E-state index contributed by atoms with van der Waals surface area (Å²) in [4.78, 5) is 11.7. The Balaban J connectivity index is 2.08. The molecule has 0 radical (unpaired) electrons. The van der Waals surface area contributed by atoms with Gasteiger partial charge >= 0.3 is 13.1 Å². The van der Waals surface area contributed by atoms with Crippen molar-refractivity contribution in [1.82, 2.24) is 0 Å². The van der Waals surface area contributed by atoms with Crippen molar-refractivity contribution in [2.45, 2.75) is 58.2 Å². The van der Waals surface area contributed by atoms with Gasteiger partial charge in [-0.05, 0) is 52.4 Å². The van der Waals surface area contributed by atoms with Crippen LogP contribution in [0.2, 0.25) is 0 Å². The fourth-order valence-corrected chi connectivity index (χ4v) is 2.49. The first-order valence-corrected chi connectivity index (χ1v) is 6.89. The first kappa shape index (κ1) is 14.6. The van der Waals surface area contributed by atoms with E-state index in [0.29, 0.717) is 6.42 Å². The molecule has 1 aliphatic heterocycles. The quantitative estimate of drug-likeness (QED) is 0.569. The van der Waals surface area contributed by atoms with Gasteiger partial charge in [-0.2, -0.15) is 0 Å². The zero-order valence-corrected chi connectivity index (χ0v) is 12.5. The molecule has 1 heterocycles. The fourth-order valence-electron chi connectivity index (χ4n) is 2.49. The third-order valence-electron chi connectivity index (χ3n) is 4.49. The average Bonchev–Trinajstić information content (AvgIpc) is 2.58. The third kappa shape index (κ3) is 2.72. The standard InChI is InChI=1S/C14H23BO4/c1-13(2)14(3,4)19-15(18-13)11-8-6-7-10(9-11)12(16)17-5/h8,10H,6-7,9H2,1-5H3/t10-/m1/s1. The van der Waals surface area contributed by atoms with E-state index in [9.17, 15) is 4.79 Å². The molecule has 0 unspecified atom stereocenters. The van der Waals surface area contributed by atoms with Gasteiger partial charge in [0.15, 0.2) is 0 Å². The lowest BCUT2D eigenvalue weighted by Crippen LogP contribution is -2.41. The Kier molecular flexibility index (Phi) is 3.80. The maximum Gasteiger partial charge on any atom is 0.490 e. The average molecular weight is 266 g/mol. The number of rotatable bonds is 2. The minimum absolute atomic E-state index is 0.0657. The van der Waals surface area contributed by atoms with Gasteiger partial charge in [0.25, 0.3) is 0 Å². The van der Waals surface area contributed by atoms with Gasteiger partial charge in [0.1, 0.15) is 0 Å². The van der Waals surface area contributed by atoms with Crippen LogP contribution < -0.4 is 0 Å². The highest BCUT2D eigenvalue weighted by Gasteiger charge is 2.52. The molecule has 0 amide bonds. The zero-order chi connectivity index (χ0) is 14.3. The van der Waals surface area contributed by atoms with Crippen LogP contribution in [0, 0.1) is 5.92 Å². The second kappa shape index (κ2) is 4.95. The second-order valence-corrected chi connectivity index (χ2v) is 6.37. The van der Waals surface area contributed by atoms with Gasteiger partial charge < -0.3 is 14.0 Å². The Morgan fingerprint density at radius 3 is 2.42 bits per heavy atom. The van der Waals surface area contributed by atoms with Crippen molar-refractivity contribution in [3.63, 3.8) is 0 Å². The van der Waals surface area contributed by atoms with Gasteiger partial charge in [0, 0.05) is 0 Å². The summed E-state index contributed by atoms with van der Waals surface area (Å²) in [5.41, 5.74) is 0.397. The minimum atomic E-state index is -0.337. The molecule has 0 spiro atoms. The molecule has 0 aromatic carbocycles. The van der Waals surface area contributed by atoms with Crippen molar-refractivity contribution in [2.24, 2.45) is 5.92 Å². The van der Waals surface area contributed by atoms with E-state index in [1.165, 1.54) is 7.11 Å². The van der Waals surface area contributed by atoms with E-state index in [1.807, 2.05) is 27.7 Å². The Morgan fingerprint density at radius 2 is 1.89 bits per heavy atom. The summed E-state index contributed by atoms with van der Waals surface area (Å²) in [6, 6.07) is 0. The summed E-state index contributed by atoms with van der Waals surface area (Å²) in [6.45, 7) is 8.14. The first-order valence-electron chi connectivity index (χ1n) is 6.89. The Bertz CT molecular complexity index is 384. The van der Waals surface area contributed by atoms with E-state index >= 15 is 0 Å². The molecule has 19 heavy (non-hydrogen) atoms. The Morgan fingerprint density at radius 1 is 1.32 bits per heavy atom. The number of hydrogen-bond acceptors (Lipinski definition) is 4. The van der Waals surface area contributed by atoms with Gasteiger partial charge in [0.05, 0.1) is 24.2 Å². The van der Waals surface area contributed by atoms with Crippen molar-refractivity contribution in [2.75, 3.05) is 7.11 Å². The number of ether oxygens (including phenoxy) is 1. The molecule has 1 aliphatic carbocycles. The maximum atomic E-state index is 11.7. The first-order chi connectivity index (χ1) is 8.77. The summed E-state index contributed by atoms with van der Waals surface area (Å²) in [5, 5.41) is 0. The number of hydrogen-bond donors (Lipinski definition) is 0.